The third-order valence-electron chi connectivity index (χ3n) is 5.72. The van der Waals surface area contributed by atoms with E-state index in [1.54, 1.807) is 7.11 Å². The molecule has 148 valence electrons. The average Bonchev–Trinajstić information content (AvgIpc) is 3.26. The van der Waals surface area contributed by atoms with E-state index in [4.69, 9.17) is 14.7 Å². The Balaban J connectivity index is 1.88. The molecular weight excluding hydrogens is 382 g/mol. The van der Waals surface area contributed by atoms with Crippen LogP contribution in [0.5, 0.6) is 5.75 Å². The first kappa shape index (κ1) is 17.7. The highest BCUT2D eigenvalue weighted by atomic mass is 16.5. The first-order chi connectivity index (χ1) is 15.3. The second kappa shape index (κ2) is 6.96. The van der Waals surface area contributed by atoms with Crippen molar-refractivity contribution in [2.45, 2.75) is 0 Å². The number of benzene rings is 3. The van der Waals surface area contributed by atoms with Crippen molar-refractivity contribution in [3.63, 3.8) is 0 Å². The second-order valence-corrected chi connectivity index (χ2v) is 7.48. The molecular formula is C27H19N3O. The molecule has 3 heterocycles. The van der Waals surface area contributed by atoms with Crippen LogP contribution in [0.3, 0.4) is 0 Å². The van der Waals surface area contributed by atoms with Crippen LogP contribution in [0.1, 0.15) is 0 Å². The van der Waals surface area contributed by atoms with Crippen molar-refractivity contribution in [1.82, 2.24) is 14.4 Å². The first-order valence-electron chi connectivity index (χ1n) is 10.2. The zero-order chi connectivity index (χ0) is 20.8. The largest absolute Gasteiger partial charge is 0.497 e. The van der Waals surface area contributed by atoms with E-state index in [2.05, 4.69) is 71.1 Å². The molecule has 4 nitrogen and oxygen atoms in total. The standard InChI is InChI=1S/C27H19N3O/c1-31-20-14-15-21-22(17-20)27-29-24(18-9-4-2-5-10-18)26(19-11-6-3-7-12-19)30(27)23-13-8-16-28-25(21)23/h2-17H,1H3. The molecule has 0 unspecified atom stereocenters. The van der Waals surface area contributed by atoms with E-state index in [0.29, 0.717) is 0 Å². The normalized spacial score (nSPS) is 11.4. The predicted octanol–water partition coefficient (Wildman–Crippen LogP) is 6.38. The third kappa shape index (κ3) is 2.69. The topological polar surface area (TPSA) is 39.4 Å². The summed E-state index contributed by atoms with van der Waals surface area (Å²) in [5.41, 5.74) is 7.08. The molecule has 0 spiro atoms. The Bertz CT molecular complexity index is 1550. The number of imidazole rings is 1. The van der Waals surface area contributed by atoms with Gasteiger partial charge in [0.25, 0.3) is 0 Å². The molecule has 0 amide bonds. The summed E-state index contributed by atoms with van der Waals surface area (Å²) in [4.78, 5) is 9.93. The van der Waals surface area contributed by atoms with Gasteiger partial charge in [-0.2, -0.15) is 0 Å². The zero-order valence-corrected chi connectivity index (χ0v) is 17.0. The summed E-state index contributed by atoms with van der Waals surface area (Å²) >= 11 is 0. The van der Waals surface area contributed by atoms with E-state index in [-0.39, 0.29) is 0 Å². The summed E-state index contributed by atoms with van der Waals surface area (Å²) in [6, 6.07) is 31.0. The van der Waals surface area contributed by atoms with Crippen molar-refractivity contribution in [3.05, 3.63) is 97.2 Å². The van der Waals surface area contributed by atoms with Crippen molar-refractivity contribution >= 4 is 27.5 Å². The maximum atomic E-state index is 5.53. The smallest absolute Gasteiger partial charge is 0.146 e. The molecule has 4 heteroatoms. The molecule has 6 aromatic rings. The number of ether oxygens (including phenoxy) is 1. The van der Waals surface area contributed by atoms with Gasteiger partial charge in [0.05, 0.1) is 29.5 Å². The summed E-state index contributed by atoms with van der Waals surface area (Å²) in [6.07, 6.45) is 1.84. The molecule has 0 radical (unpaired) electrons. The summed E-state index contributed by atoms with van der Waals surface area (Å²) < 4.78 is 7.77. The van der Waals surface area contributed by atoms with Gasteiger partial charge in [0.1, 0.15) is 11.4 Å². The lowest BCUT2D eigenvalue weighted by Crippen LogP contribution is -1.96. The molecule has 0 aliphatic heterocycles. The zero-order valence-electron chi connectivity index (χ0n) is 17.0. The van der Waals surface area contributed by atoms with Crippen LogP contribution in [-0.2, 0) is 0 Å². The Morgan fingerprint density at radius 1 is 0.742 bits per heavy atom. The molecule has 0 atom stereocenters. The minimum Gasteiger partial charge on any atom is -0.497 e. The Morgan fingerprint density at radius 2 is 1.48 bits per heavy atom. The molecule has 0 aliphatic rings. The van der Waals surface area contributed by atoms with Gasteiger partial charge in [-0.1, -0.05) is 60.7 Å². The molecule has 0 N–H and O–H groups in total. The molecule has 0 saturated heterocycles. The van der Waals surface area contributed by atoms with Gasteiger partial charge in [-0.3, -0.25) is 9.38 Å². The third-order valence-corrected chi connectivity index (χ3v) is 5.72. The van der Waals surface area contributed by atoms with Gasteiger partial charge in [-0.15, -0.1) is 0 Å². The molecule has 3 aromatic carbocycles. The Morgan fingerprint density at radius 3 is 2.23 bits per heavy atom. The van der Waals surface area contributed by atoms with Gasteiger partial charge < -0.3 is 4.74 Å². The number of hydrogen-bond donors (Lipinski definition) is 0. The Labute approximate surface area is 179 Å². The van der Waals surface area contributed by atoms with E-state index in [9.17, 15) is 0 Å². The van der Waals surface area contributed by atoms with Crippen LogP contribution in [0, 0.1) is 0 Å². The van der Waals surface area contributed by atoms with Crippen molar-refractivity contribution in [3.8, 4) is 28.3 Å². The van der Waals surface area contributed by atoms with E-state index in [0.717, 1.165) is 55.7 Å². The first-order valence-corrected chi connectivity index (χ1v) is 10.2. The number of methoxy groups -OCH3 is 1. The van der Waals surface area contributed by atoms with Crippen LogP contribution in [-0.4, -0.2) is 21.5 Å². The van der Waals surface area contributed by atoms with Crippen LogP contribution in [0.25, 0.3) is 50.0 Å². The Kier molecular flexibility index (Phi) is 3.96. The highest BCUT2D eigenvalue weighted by molar-refractivity contribution is 6.12. The highest BCUT2D eigenvalue weighted by Crippen LogP contribution is 2.39. The van der Waals surface area contributed by atoms with Crippen LogP contribution >= 0.6 is 0 Å². The lowest BCUT2D eigenvalue weighted by atomic mass is 10.0. The maximum Gasteiger partial charge on any atom is 0.146 e. The fraction of sp³-hybridized carbons (Fsp3) is 0.0370. The number of pyridine rings is 2. The SMILES string of the molecule is COc1ccc2c(c1)c1nc(-c3ccccc3)c(-c3ccccc3)n1c1cccnc21. The Hall–Kier alpha value is -4.18. The van der Waals surface area contributed by atoms with Crippen LogP contribution in [0.2, 0.25) is 0 Å². The molecule has 31 heavy (non-hydrogen) atoms. The number of aromatic nitrogens is 3. The second-order valence-electron chi connectivity index (χ2n) is 7.48. The van der Waals surface area contributed by atoms with Crippen LogP contribution in [0.4, 0.5) is 0 Å². The summed E-state index contributed by atoms with van der Waals surface area (Å²) in [7, 11) is 1.69. The van der Waals surface area contributed by atoms with Crippen molar-refractivity contribution in [2.24, 2.45) is 0 Å². The van der Waals surface area contributed by atoms with Crippen LogP contribution in [0.15, 0.2) is 97.2 Å². The van der Waals surface area contributed by atoms with Gasteiger partial charge >= 0.3 is 0 Å². The summed E-state index contributed by atoms with van der Waals surface area (Å²) in [5, 5.41) is 2.08. The molecule has 0 saturated carbocycles. The number of hydrogen-bond acceptors (Lipinski definition) is 3. The van der Waals surface area contributed by atoms with E-state index >= 15 is 0 Å². The fourth-order valence-electron chi connectivity index (χ4n) is 4.32. The summed E-state index contributed by atoms with van der Waals surface area (Å²) in [5.74, 6) is 0.801. The van der Waals surface area contributed by atoms with Crippen LogP contribution < -0.4 is 4.74 Å². The number of fused-ring (bicyclic) bond motifs is 6. The van der Waals surface area contributed by atoms with Gasteiger partial charge in [0.15, 0.2) is 0 Å². The van der Waals surface area contributed by atoms with Gasteiger partial charge in [-0.25, -0.2) is 4.98 Å². The lowest BCUT2D eigenvalue weighted by Gasteiger charge is -2.11. The number of rotatable bonds is 3. The van der Waals surface area contributed by atoms with Gasteiger partial charge in [0.2, 0.25) is 0 Å². The maximum absolute atomic E-state index is 5.53. The molecule has 0 aliphatic carbocycles. The predicted molar refractivity (Wildman–Crippen MR) is 125 cm³/mol. The van der Waals surface area contributed by atoms with Gasteiger partial charge in [-0.05, 0) is 30.3 Å². The highest BCUT2D eigenvalue weighted by Gasteiger charge is 2.21. The average molecular weight is 401 g/mol. The molecule has 0 fully saturated rings. The number of nitrogens with zero attached hydrogens (tertiary/aromatic N) is 3. The summed E-state index contributed by atoms with van der Waals surface area (Å²) in [6.45, 7) is 0. The lowest BCUT2D eigenvalue weighted by molar-refractivity contribution is 0.415. The van der Waals surface area contributed by atoms with Crippen molar-refractivity contribution < 1.29 is 4.74 Å². The molecule has 3 aromatic heterocycles. The van der Waals surface area contributed by atoms with E-state index in [1.165, 1.54) is 0 Å². The van der Waals surface area contributed by atoms with E-state index in [1.807, 2.05) is 30.5 Å². The minimum atomic E-state index is 0.801. The van der Waals surface area contributed by atoms with Gasteiger partial charge in [0, 0.05) is 28.1 Å². The fourth-order valence-corrected chi connectivity index (χ4v) is 4.32. The van der Waals surface area contributed by atoms with E-state index < -0.39 is 0 Å². The van der Waals surface area contributed by atoms with Crippen molar-refractivity contribution in [1.29, 1.82) is 0 Å². The quantitative estimate of drug-likeness (QED) is 0.323. The van der Waals surface area contributed by atoms with Crippen molar-refractivity contribution in [2.75, 3.05) is 7.11 Å². The monoisotopic (exact) mass is 401 g/mol. The molecule has 6 rings (SSSR count). The molecule has 0 bridgehead atoms. The minimum absolute atomic E-state index is 0.801.